The molecule has 2 aromatic rings. The Balaban J connectivity index is 2.71. The van der Waals surface area contributed by atoms with E-state index < -0.39 is 21.8 Å². The van der Waals surface area contributed by atoms with Gasteiger partial charge < -0.3 is 4.74 Å². The summed E-state index contributed by atoms with van der Waals surface area (Å²) in [5.74, 6) is 0.184. The van der Waals surface area contributed by atoms with Gasteiger partial charge in [0.1, 0.15) is 17.2 Å². The van der Waals surface area contributed by atoms with Crippen LogP contribution in [0.4, 0.5) is 5.69 Å². The molecule has 0 aliphatic heterocycles. The third-order valence-corrected chi connectivity index (χ3v) is 5.97. The van der Waals surface area contributed by atoms with Crippen LogP contribution in [0.1, 0.15) is 0 Å². The van der Waals surface area contributed by atoms with Gasteiger partial charge in [0.15, 0.2) is 0 Å². The molecule has 0 heterocycles. The highest BCUT2D eigenvalue weighted by atomic mass is 35.5. The molecule has 0 N–H and O–H groups in total. The standard InChI is InChI=1S/C15H11Cl4NO4S/c1-24-13-5-3-9(16)6-12(13)20(8-15(19)21)25(22,23)14-7-10(17)2-4-11(14)18/h2-7H,8H2,1H3. The van der Waals surface area contributed by atoms with Gasteiger partial charge >= 0.3 is 0 Å². The van der Waals surface area contributed by atoms with E-state index in [2.05, 4.69) is 0 Å². The quantitative estimate of drug-likeness (QED) is 0.612. The molecular weight excluding hydrogens is 432 g/mol. The van der Waals surface area contributed by atoms with Crippen molar-refractivity contribution in [1.29, 1.82) is 0 Å². The SMILES string of the molecule is COc1ccc(Cl)cc1N(CC(=O)Cl)S(=O)(=O)c1cc(Cl)ccc1Cl. The van der Waals surface area contributed by atoms with E-state index in [4.69, 9.17) is 51.1 Å². The lowest BCUT2D eigenvalue weighted by atomic mass is 10.3. The molecule has 0 unspecified atom stereocenters. The Morgan fingerprint density at radius 3 is 2.28 bits per heavy atom. The second kappa shape index (κ2) is 8.01. The molecule has 2 aromatic carbocycles. The van der Waals surface area contributed by atoms with E-state index in [1.807, 2.05) is 0 Å². The minimum atomic E-state index is -4.28. The molecule has 0 aromatic heterocycles. The van der Waals surface area contributed by atoms with E-state index in [1.54, 1.807) is 0 Å². The van der Waals surface area contributed by atoms with Crippen LogP contribution < -0.4 is 9.04 Å². The summed E-state index contributed by atoms with van der Waals surface area (Å²) in [5.41, 5.74) is 0.0417. The molecule has 0 fully saturated rings. The number of ether oxygens (including phenoxy) is 1. The van der Waals surface area contributed by atoms with Crippen LogP contribution >= 0.6 is 46.4 Å². The number of anilines is 1. The number of nitrogens with zero attached hydrogens (tertiary/aromatic N) is 1. The van der Waals surface area contributed by atoms with Crippen LogP contribution in [0.2, 0.25) is 15.1 Å². The van der Waals surface area contributed by atoms with Gasteiger partial charge in [0.2, 0.25) is 5.24 Å². The fourth-order valence-electron chi connectivity index (χ4n) is 2.06. The zero-order chi connectivity index (χ0) is 18.8. The molecule has 0 saturated heterocycles. The molecule has 0 aliphatic carbocycles. The Morgan fingerprint density at radius 2 is 1.68 bits per heavy atom. The summed E-state index contributed by atoms with van der Waals surface area (Å²) in [5, 5.41) is -0.547. The second-order valence-electron chi connectivity index (χ2n) is 4.76. The Kier molecular flexibility index (Phi) is 6.45. The van der Waals surface area contributed by atoms with E-state index in [1.165, 1.54) is 43.5 Å². The van der Waals surface area contributed by atoms with Gasteiger partial charge in [-0.05, 0) is 48.0 Å². The van der Waals surface area contributed by atoms with Crippen molar-refractivity contribution >= 4 is 67.4 Å². The monoisotopic (exact) mass is 441 g/mol. The third-order valence-electron chi connectivity index (χ3n) is 3.14. The van der Waals surface area contributed by atoms with Crippen molar-refractivity contribution in [1.82, 2.24) is 0 Å². The van der Waals surface area contributed by atoms with Gasteiger partial charge in [-0.2, -0.15) is 0 Å². The molecule has 0 saturated carbocycles. The molecule has 0 atom stereocenters. The Labute approximate surface area is 165 Å². The number of carbonyl (C=O) groups excluding carboxylic acids is 1. The first-order chi connectivity index (χ1) is 11.7. The lowest BCUT2D eigenvalue weighted by Gasteiger charge is -2.25. The maximum atomic E-state index is 13.1. The number of halogens is 4. The van der Waals surface area contributed by atoms with E-state index in [0.717, 1.165) is 4.31 Å². The first-order valence-electron chi connectivity index (χ1n) is 6.66. The molecular formula is C15H11Cl4NO4S. The van der Waals surface area contributed by atoms with Crippen molar-refractivity contribution in [2.45, 2.75) is 4.90 Å². The number of benzene rings is 2. The second-order valence-corrected chi connectivity index (χ2v) is 8.29. The van der Waals surface area contributed by atoms with Crippen molar-refractivity contribution < 1.29 is 17.9 Å². The molecule has 0 radical (unpaired) electrons. The van der Waals surface area contributed by atoms with Crippen LogP contribution in [0.25, 0.3) is 0 Å². The van der Waals surface area contributed by atoms with E-state index in [9.17, 15) is 13.2 Å². The van der Waals surface area contributed by atoms with Gasteiger partial charge in [-0.3, -0.25) is 9.10 Å². The summed E-state index contributed by atoms with van der Waals surface area (Å²) >= 11 is 23.3. The lowest BCUT2D eigenvalue weighted by Crippen LogP contribution is -2.35. The number of sulfonamides is 1. The molecule has 25 heavy (non-hydrogen) atoms. The van der Waals surface area contributed by atoms with Gasteiger partial charge in [0.25, 0.3) is 10.0 Å². The summed E-state index contributed by atoms with van der Waals surface area (Å²) in [7, 11) is -2.93. The fraction of sp³-hybridized carbons (Fsp3) is 0.133. The third kappa shape index (κ3) is 4.51. The van der Waals surface area contributed by atoms with Gasteiger partial charge in [-0.25, -0.2) is 8.42 Å². The topological polar surface area (TPSA) is 63.7 Å². The maximum absolute atomic E-state index is 13.1. The van der Waals surface area contributed by atoms with Gasteiger partial charge in [0, 0.05) is 10.0 Å². The minimum Gasteiger partial charge on any atom is -0.495 e. The van der Waals surface area contributed by atoms with Crippen LogP contribution in [0.3, 0.4) is 0 Å². The Bertz CT molecular complexity index is 918. The molecule has 2 rings (SSSR count). The number of carbonyl (C=O) groups is 1. The van der Waals surface area contributed by atoms with Gasteiger partial charge in [-0.1, -0.05) is 34.8 Å². The highest BCUT2D eigenvalue weighted by Gasteiger charge is 2.31. The molecule has 134 valence electrons. The molecule has 0 bridgehead atoms. The largest absolute Gasteiger partial charge is 0.495 e. The molecule has 10 heteroatoms. The van der Waals surface area contributed by atoms with Crippen molar-refractivity contribution in [3.63, 3.8) is 0 Å². The van der Waals surface area contributed by atoms with Crippen LogP contribution in [0, 0.1) is 0 Å². The number of methoxy groups -OCH3 is 1. The predicted molar refractivity (Wildman–Crippen MR) is 99.9 cm³/mol. The average Bonchev–Trinajstić information content (AvgIpc) is 2.54. The van der Waals surface area contributed by atoms with Crippen LogP contribution in [0.15, 0.2) is 41.3 Å². The van der Waals surface area contributed by atoms with E-state index in [0.29, 0.717) is 0 Å². The normalized spacial score (nSPS) is 11.2. The number of hydrogen-bond acceptors (Lipinski definition) is 4. The zero-order valence-corrected chi connectivity index (χ0v) is 16.5. The van der Waals surface area contributed by atoms with E-state index >= 15 is 0 Å². The summed E-state index contributed by atoms with van der Waals surface area (Å²) in [6.07, 6.45) is 0. The predicted octanol–water partition coefficient (Wildman–Crippen LogP) is 4.62. The van der Waals surface area contributed by atoms with Crippen molar-refractivity contribution in [2.24, 2.45) is 0 Å². The maximum Gasteiger partial charge on any atom is 0.266 e. The summed E-state index contributed by atoms with van der Waals surface area (Å²) < 4.78 is 32.1. The number of rotatable bonds is 6. The van der Waals surface area contributed by atoms with Gasteiger partial charge in [0.05, 0.1) is 17.8 Å². The van der Waals surface area contributed by atoms with Crippen molar-refractivity contribution in [2.75, 3.05) is 18.0 Å². The van der Waals surface area contributed by atoms with Crippen LogP contribution in [0.5, 0.6) is 5.75 Å². The van der Waals surface area contributed by atoms with Crippen LogP contribution in [-0.4, -0.2) is 27.3 Å². The zero-order valence-electron chi connectivity index (χ0n) is 12.7. The minimum absolute atomic E-state index is 0.0417. The van der Waals surface area contributed by atoms with Crippen molar-refractivity contribution in [3.8, 4) is 5.75 Å². The Hall–Kier alpha value is -1.18. The Morgan fingerprint density at radius 1 is 1.08 bits per heavy atom. The molecule has 5 nitrogen and oxygen atoms in total. The lowest BCUT2D eigenvalue weighted by molar-refractivity contribution is -0.110. The summed E-state index contributed by atoms with van der Waals surface area (Å²) in [4.78, 5) is 11.2. The van der Waals surface area contributed by atoms with Crippen LogP contribution in [-0.2, 0) is 14.8 Å². The highest BCUT2D eigenvalue weighted by Crippen LogP contribution is 2.37. The summed E-state index contributed by atoms with van der Waals surface area (Å²) in [6.45, 7) is -0.649. The van der Waals surface area contributed by atoms with Gasteiger partial charge in [-0.15, -0.1) is 0 Å². The first kappa shape index (κ1) is 20.1. The van der Waals surface area contributed by atoms with E-state index in [-0.39, 0.29) is 31.4 Å². The van der Waals surface area contributed by atoms with Crippen molar-refractivity contribution in [3.05, 3.63) is 51.5 Å². The average molecular weight is 443 g/mol. The molecule has 0 spiro atoms. The summed E-state index contributed by atoms with van der Waals surface area (Å²) in [6, 6.07) is 8.30. The number of hydrogen-bond donors (Lipinski definition) is 0. The first-order valence-corrected chi connectivity index (χ1v) is 9.61. The highest BCUT2D eigenvalue weighted by molar-refractivity contribution is 7.93. The smallest absolute Gasteiger partial charge is 0.266 e. The molecule has 0 aliphatic rings. The fourth-order valence-corrected chi connectivity index (χ4v) is 4.58. The molecule has 0 amide bonds.